The third kappa shape index (κ3) is 3.54. The number of nitriles is 1. The Kier molecular flexibility index (Phi) is 5.10. The molecule has 1 N–H and O–H groups in total. The maximum absolute atomic E-state index is 9.41. The SMILES string of the molecule is Cc1ncc(-c2[nH]c3ncc4c(c3c2-c2ccc3c(c2)OCO3)C2(CCN(CC3(CC#N)COC3)C2)OC4)s1. The van der Waals surface area contributed by atoms with Crippen molar-refractivity contribution in [3.8, 4) is 39.3 Å². The molecule has 198 valence electrons. The predicted molar refractivity (Wildman–Crippen MR) is 145 cm³/mol. The Bertz CT molecular complexity index is 1670. The highest BCUT2D eigenvalue weighted by molar-refractivity contribution is 7.15. The average Bonchev–Trinajstić information content (AvgIpc) is 3.73. The first-order valence-corrected chi connectivity index (χ1v) is 14.1. The fourth-order valence-corrected chi connectivity index (χ4v) is 7.50. The first-order valence-electron chi connectivity index (χ1n) is 13.2. The number of aromatic amines is 1. The number of rotatable bonds is 5. The number of aromatic nitrogens is 3. The van der Waals surface area contributed by atoms with Crippen molar-refractivity contribution in [2.75, 3.05) is 39.6 Å². The van der Waals surface area contributed by atoms with Gasteiger partial charge in [-0.15, -0.1) is 11.3 Å². The summed E-state index contributed by atoms with van der Waals surface area (Å²) >= 11 is 1.66. The number of ether oxygens (including phenoxy) is 4. The van der Waals surface area contributed by atoms with Crippen LogP contribution in [0.2, 0.25) is 0 Å². The van der Waals surface area contributed by atoms with Crippen molar-refractivity contribution in [2.24, 2.45) is 5.41 Å². The van der Waals surface area contributed by atoms with E-state index in [1.807, 2.05) is 25.4 Å². The van der Waals surface area contributed by atoms with E-state index in [9.17, 15) is 5.26 Å². The lowest BCUT2D eigenvalue weighted by Crippen LogP contribution is -2.50. The number of benzene rings is 1. The molecule has 1 aromatic carbocycles. The largest absolute Gasteiger partial charge is 0.454 e. The summed E-state index contributed by atoms with van der Waals surface area (Å²) in [5, 5.41) is 11.5. The van der Waals surface area contributed by atoms with Gasteiger partial charge in [0.2, 0.25) is 6.79 Å². The van der Waals surface area contributed by atoms with Crippen LogP contribution in [0.1, 0.15) is 29.0 Å². The molecular formula is C29H27N5O4S. The second-order valence-electron chi connectivity index (χ2n) is 11.1. The van der Waals surface area contributed by atoms with Crippen LogP contribution in [-0.2, 0) is 21.7 Å². The number of nitrogens with zero attached hydrogens (tertiary/aromatic N) is 4. The zero-order valence-corrected chi connectivity index (χ0v) is 22.4. The van der Waals surface area contributed by atoms with E-state index >= 15 is 0 Å². The monoisotopic (exact) mass is 541 g/mol. The maximum atomic E-state index is 9.41. The van der Waals surface area contributed by atoms with Crippen LogP contribution in [0.15, 0.2) is 30.6 Å². The summed E-state index contributed by atoms with van der Waals surface area (Å²) in [6.45, 7) is 6.65. The number of H-pyrrole nitrogens is 1. The van der Waals surface area contributed by atoms with Crippen LogP contribution < -0.4 is 9.47 Å². The minimum absolute atomic E-state index is 0.0712. The van der Waals surface area contributed by atoms with Crippen molar-refractivity contribution in [3.63, 3.8) is 0 Å². The second kappa shape index (κ2) is 8.50. The van der Waals surface area contributed by atoms with E-state index < -0.39 is 5.60 Å². The molecule has 4 aliphatic rings. The molecule has 1 atom stereocenters. The van der Waals surface area contributed by atoms with Crippen LogP contribution in [0.5, 0.6) is 11.5 Å². The molecule has 0 radical (unpaired) electrons. The summed E-state index contributed by atoms with van der Waals surface area (Å²) in [6.07, 6.45) is 5.31. The van der Waals surface area contributed by atoms with E-state index in [2.05, 4.69) is 33.1 Å². The molecule has 1 unspecified atom stereocenters. The fraction of sp³-hybridized carbons (Fsp3) is 0.414. The van der Waals surface area contributed by atoms with Gasteiger partial charge in [0.1, 0.15) is 11.2 Å². The van der Waals surface area contributed by atoms with Gasteiger partial charge < -0.3 is 23.9 Å². The van der Waals surface area contributed by atoms with Gasteiger partial charge in [0.05, 0.1) is 41.5 Å². The number of aryl methyl sites for hydroxylation is 1. The van der Waals surface area contributed by atoms with E-state index in [0.29, 0.717) is 26.2 Å². The van der Waals surface area contributed by atoms with Crippen molar-refractivity contribution in [1.82, 2.24) is 19.9 Å². The summed E-state index contributed by atoms with van der Waals surface area (Å²) in [4.78, 5) is 16.6. The first-order chi connectivity index (χ1) is 19.1. The Balaban J connectivity index is 1.28. The molecule has 0 aliphatic carbocycles. The van der Waals surface area contributed by atoms with Gasteiger partial charge in [0, 0.05) is 65.9 Å². The van der Waals surface area contributed by atoms with Crippen LogP contribution in [0.3, 0.4) is 0 Å². The van der Waals surface area contributed by atoms with Gasteiger partial charge in [0.25, 0.3) is 0 Å². The number of hydrogen-bond donors (Lipinski definition) is 1. The third-order valence-corrected chi connectivity index (χ3v) is 9.46. The molecule has 0 amide bonds. The smallest absolute Gasteiger partial charge is 0.231 e. The Morgan fingerprint density at radius 2 is 2.08 bits per heavy atom. The molecule has 9 nitrogen and oxygen atoms in total. The summed E-state index contributed by atoms with van der Waals surface area (Å²) in [7, 11) is 0. The van der Waals surface area contributed by atoms with Crippen molar-refractivity contribution < 1.29 is 18.9 Å². The molecule has 3 aromatic heterocycles. The van der Waals surface area contributed by atoms with Crippen molar-refractivity contribution >= 4 is 22.4 Å². The summed E-state index contributed by atoms with van der Waals surface area (Å²) in [6, 6.07) is 8.51. The summed E-state index contributed by atoms with van der Waals surface area (Å²) in [5.74, 6) is 1.51. The third-order valence-electron chi connectivity index (χ3n) is 8.53. The molecule has 4 aromatic rings. The standard InChI is InChI=1S/C29H27N5O4S/c1-17-31-10-22(39-17)26-23(18-2-3-20-21(8-18)37-16-36-20)24-25-19(9-32-27(24)33-26)11-38-29(25)5-7-34(13-29)12-28(4-6-30)14-35-15-28/h2-3,8-10H,4-5,7,11-16H2,1H3,(H,32,33). The number of nitrogens with one attached hydrogen (secondary N) is 1. The van der Waals surface area contributed by atoms with Crippen molar-refractivity contribution in [2.45, 2.75) is 32.0 Å². The zero-order valence-electron chi connectivity index (χ0n) is 21.6. The Morgan fingerprint density at radius 1 is 1.18 bits per heavy atom. The molecule has 2 saturated heterocycles. The molecule has 4 aliphatic heterocycles. The summed E-state index contributed by atoms with van der Waals surface area (Å²) < 4.78 is 23.6. The van der Waals surface area contributed by atoms with E-state index in [1.54, 1.807) is 11.3 Å². The lowest BCUT2D eigenvalue weighted by molar-refractivity contribution is -0.124. The Hall–Kier alpha value is -3.49. The van der Waals surface area contributed by atoms with Gasteiger partial charge >= 0.3 is 0 Å². The molecule has 1 spiro atoms. The van der Waals surface area contributed by atoms with Crippen LogP contribution in [0.25, 0.3) is 32.7 Å². The fourth-order valence-electron chi connectivity index (χ4n) is 6.71. The molecule has 8 rings (SSSR count). The average molecular weight is 542 g/mol. The van der Waals surface area contributed by atoms with Gasteiger partial charge in [0.15, 0.2) is 11.5 Å². The number of fused-ring (bicyclic) bond motifs is 5. The minimum atomic E-state index is -0.427. The van der Waals surface area contributed by atoms with Crippen molar-refractivity contribution in [3.05, 3.63) is 46.7 Å². The van der Waals surface area contributed by atoms with Crippen LogP contribution >= 0.6 is 11.3 Å². The molecule has 2 fully saturated rings. The number of pyridine rings is 1. The summed E-state index contributed by atoms with van der Waals surface area (Å²) in [5.41, 5.74) is 5.85. The molecule has 7 heterocycles. The predicted octanol–water partition coefficient (Wildman–Crippen LogP) is 4.75. The second-order valence-corrected chi connectivity index (χ2v) is 12.4. The van der Waals surface area contributed by atoms with Gasteiger partial charge in [-0.25, -0.2) is 9.97 Å². The van der Waals surface area contributed by atoms with E-state index in [-0.39, 0.29) is 12.2 Å². The van der Waals surface area contributed by atoms with Gasteiger partial charge in [-0.2, -0.15) is 5.26 Å². The van der Waals surface area contributed by atoms with Gasteiger partial charge in [-0.05, 0) is 31.0 Å². The minimum Gasteiger partial charge on any atom is -0.454 e. The van der Waals surface area contributed by atoms with Gasteiger partial charge in [-0.3, -0.25) is 4.90 Å². The highest BCUT2D eigenvalue weighted by atomic mass is 32.1. The first kappa shape index (κ1) is 23.4. The van der Waals surface area contributed by atoms with E-state index in [0.717, 1.165) is 80.9 Å². The molecule has 0 saturated carbocycles. The molecule has 10 heteroatoms. The van der Waals surface area contributed by atoms with Crippen molar-refractivity contribution in [1.29, 1.82) is 5.26 Å². The number of likely N-dealkylation sites (tertiary alicyclic amines) is 1. The molecule has 39 heavy (non-hydrogen) atoms. The number of hydrogen-bond acceptors (Lipinski definition) is 9. The lowest BCUT2D eigenvalue weighted by atomic mass is 9.82. The zero-order chi connectivity index (χ0) is 26.2. The number of thiazole rings is 1. The Labute approximate surface area is 229 Å². The van der Waals surface area contributed by atoms with Crippen LogP contribution in [0, 0.1) is 23.7 Å². The van der Waals surface area contributed by atoms with Crippen LogP contribution in [0.4, 0.5) is 0 Å². The normalized spacial score (nSPS) is 22.9. The lowest BCUT2D eigenvalue weighted by Gasteiger charge is -2.42. The quantitative estimate of drug-likeness (QED) is 0.386. The Morgan fingerprint density at radius 3 is 2.87 bits per heavy atom. The van der Waals surface area contributed by atoms with Gasteiger partial charge in [-0.1, -0.05) is 6.07 Å². The highest BCUT2D eigenvalue weighted by Gasteiger charge is 2.50. The highest BCUT2D eigenvalue weighted by Crippen LogP contribution is 2.52. The molecular weight excluding hydrogens is 514 g/mol. The van der Waals surface area contributed by atoms with Crippen LogP contribution in [-0.4, -0.2) is 59.5 Å². The van der Waals surface area contributed by atoms with E-state index in [4.69, 9.17) is 23.9 Å². The van der Waals surface area contributed by atoms with E-state index in [1.165, 1.54) is 5.56 Å². The molecule has 0 bridgehead atoms. The topological polar surface area (TPSA) is 106 Å². The maximum Gasteiger partial charge on any atom is 0.231 e.